The molecule has 2 nitrogen and oxygen atoms in total. The van der Waals surface area contributed by atoms with E-state index in [2.05, 4.69) is 15.8 Å². The number of hydrogen-bond donors (Lipinski definition) is 1. The Bertz CT molecular complexity index is 260. The molecule has 0 saturated heterocycles. The van der Waals surface area contributed by atoms with Gasteiger partial charge in [0.15, 0.2) is 0 Å². The molecule has 1 N–H and O–H groups in total. The second kappa shape index (κ2) is 7.50. The highest BCUT2D eigenvalue weighted by Crippen LogP contribution is 2.13. The van der Waals surface area contributed by atoms with E-state index in [1.165, 1.54) is 17.2 Å². The number of thioether (sulfide) groups is 2. The molecule has 0 spiro atoms. The Kier molecular flexibility index (Phi) is 6.59. The maximum absolute atomic E-state index is 5.02. The van der Waals surface area contributed by atoms with Gasteiger partial charge in [0.2, 0.25) is 0 Å². The first kappa shape index (κ1) is 12.3. The Morgan fingerprint density at radius 2 is 2.50 bits per heavy atom. The Morgan fingerprint density at radius 1 is 1.64 bits per heavy atom. The van der Waals surface area contributed by atoms with Crippen molar-refractivity contribution in [2.24, 2.45) is 0 Å². The normalized spacial score (nSPS) is 10.1. The first-order valence-electron chi connectivity index (χ1n) is 4.14. The third-order valence-corrected chi connectivity index (χ3v) is 4.69. The molecule has 0 atom stereocenters. The molecule has 6 heteroatoms. The van der Waals surface area contributed by atoms with Crippen molar-refractivity contribution in [3.05, 3.63) is 17.1 Å². The Morgan fingerprint density at radius 3 is 3.14 bits per heavy atom. The van der Waals surface area contributed by atoms with Crippen molar-refractivity contribution in [2.75, 3.05) is 18.6 Å². The summed E-state index contributed by atoms with van der Waals surface area (Å²) in [6.07, 6.45) is 0. The number of aromatic nitrogens is 1. The summed E-state index contributed by atoms with van der Waals surface area (Å²) in [5, 5.41) is 4.96. The molecule has 0 radical (unpaired) electrons. The maximum Gasteiger partial charge on any atom is 0.133 e. The van der Waals surface area contributed by atoms with Gasteiger partial charge in [0.25, 0.3) is 0 Å². The molecule has 1 aromatic heterocycles. The molecule has 0 bridgehead atoms. The number of thiocarbonyl (C=S) groups is 1. The number of nitrogens with zero attached hydrogens (tertiary/aromatic N) is 1. The van der Waals surface area contributed by atoms with Gasteiger partial charge >= 0.3 is 0 Å². The summed E-state index contributed by atoms with van der Waals surface area (Å²) in [4.78, 5) is 0. The number of hydrogen-bond acceptors (Lipinski definition) is 5. The van der Waals surface area contributed by atoms with Crippen LogP contribution in [0.3, 0.4) is 0 Å². The minimum Gasteiger partial charge on any atom is -0.374 e. The number of rotatable bonds is 5. The molecular weight excluding hydrogens is 252 g/mol. The summed E-state index contributed by atoms with van der Waals surface area (Å²) in [5.41, 5.74) is 1.18. The van der Waals surface area contributed by atoms with E-state index in [1.54, 1.807) is 11.8 Å². The van der Waals surface area contributed by atoms with Crippen molar-refractivity contribution in [3.63, 3.8) is 0 Å². The Hall–Kier alpha value is 0.220. The van der Waals surface area contributed by atoms with Crippen LogP contribution < -0.4 is 5.32 Å². The molecule has 0 saturated carbocycles. The largest absolute Gasteiger partial charge is 0.374 e. The fourth-order valence-electron chi connectivity index (χ4n) is 0.754. The SMILES string of the molecule is CNC(=S)SCCSCc1ccsn1. The summed E-state index contributed by atoms with van der Waals surface area (Å²) in [6, 6.07) is 2.07. The van der Waals surface area contributed by atoms with Gasteiger partial charge in [0, 0.05) is 29.7 Å². The average Bonchev–Trinajstić information content (AvgIpc) is 2.69. The molecule has 0 aliphatic heterocycles. The maximum atomic E-state index is 5.02. The van der Waals surface area contributed by atoms with Crippen molar-refractivity contribution in [3.8, 4) is 0 Å². The van der Waals surface area contributed by atoms with Crippen molar-refractivity contribution < 1.29 is 0 Å². The summed E-state index contributed by atoms with van der Waals surface area (Å²) in [5.74, 6) is 3.19. The van der Waals surface area contributed by atoms with Gasteiger partial charge in [-0.2, -0.15) is 16.1 Å². The molecule has 1 rings (SSSR count). The molecule has 14 heavy (non-hydrogen) atoms. The Balaban J connectivity index is 1.97. The van der Waals surface area contributed by atoms with E-state index in [0.29, 0.717) is 0 Å². The monoisotopic (exact) mass is 264 g/mol. The molecule has 0 unspecified atom stereocenters. The smallest absolute Gasteiger partial charge is 0.133 e. The van der Waals surface area contributed by atoms with Crippen LogP contribution in [-0.2, 0) is 5.75 Å². The van der Waals surface area contributed by atoms with Crippen molar-refractivity contribution >= 4 is 51.6 Å². The van der Waals surface area contributed by atoms with Crippen LogP contribution in [0.15, 0.2) is 11.4 Å². The molecular formula is C8H12N2S4. The highest BCUT2D eigenvalue weighted by Gasteiger charge is 1.97. The van der Waals surface area contributed by atoms with Crippen LogP contribution in [0.5, 0.6) is 0 Å². The molecule has 78 valence electrons. The van der Waals surface area contributed by atoms with E-state index < -0.39 is 0 Å². The van der Waals surface area contributed by atoms with E-state index >= 15 is 0 Å². The highest BCUT2D eigenvalue weighted by molar-refractivity contribution is 8.23. The first-order valence-corrected chi connectivity index (χ1v) is 7.53. The predicted octanol–water partition coefficient (Wildman–Crippen LogP) is 2.61. The third-order valence-electron chi connectivity index (χ3n) is 1.41. The zero-order valence-corrected chi connectivity index (χ0v) is 11.1. The predicted molar refractivity (Wildman–Crippen MR) is 72.4 cm³/mol. The first-order chi connectivity index (χ1) is 6.83. The molecule has 1 heterocycles. The zero-order chi connectivity index (χ0) is 10.2. The van der Waals surface area contributed by atoms with Crippen LogP contribution in [-0.4, -0.2) is 27.2 Å². The summed E-state index contributed by atoms with van der Waals surface area (Å²) in [6.45, 7) is 0. The summed E-state index contributed by atoms with van der Waals surface area (Å²) >= 11 is 10.1. The summed E-state index contributed by atoms with van der Waals surface area (Å²) < 4.78 is 5.12. The fourth-order valence-corrected chi connectivity index (χ4v) is 3.27. The molecule has 0 aliphatic rings. The standard InChI is InChI=1S/C8H12N2S4/c1-9-8(11)13-5-4-12-6-7-2-3-14-10-7/h2-3H,4-6H2,1H3,(H,9,11). The van der Waals surface area contributed by atoms with Crippen LogP contribution >= 0.6 is 47.3 Å². The van der Waals surface area contributed by atoms with Gasteiger partial charge in [-0.25, -0.2) is 0 Å². The van der Waals surface area contributed by atoms with Gasteiger partial charge in [-0.15, -0.1) is 0 Å². The van der Waals surface area contributed by atoms with Crippen LogP contribution in [0.4, 0.5) is 0 Å². The zero-order valence-electron chi connectivity index (χ0n) is 7.86. The molecule has 0 aromatic carbocycles. The minimum atomic E-state index is 0.874. The lowest BCUT2D eigenvalue weighted by atomic mass is 10.5. The lowest BCUT2D eigenvalue weighted by molar-refractivity contribution is 1.23. The number of nitrogens with one attached hydrogen (secondary N) is 1. The van der Waals surface area contributed by atoms with E-state index in [4.69, 9.17) is 12.2 Å². The third kappa shape index (κ3) is 5.19. The highest BCUT2D eigenvalue weighted by atomic mass is 32.2. The van der Waals surface area contributed by atoms with E-state index in [0.717, 1.165) is 21.6 Å². The molecule has 0 amide bonds. The quantitative estimate of drug-likeness (QED) is 0.651. The Labute approximate surface area is 102 Å². The topological polar surface area (TPSA) is 24.9 Å². The van der Waals surface area contributed by atoms with Gasteiger partial charge < -0.3 is 5.32 Å². The van der Waals surface area contributed by atoms with Gasteiger partial charge in [-0.1, -0.05) is 24.0 Å². The molecule has 1 aromatic rings. The fraction of sp³-hybridized carbons (Fsp3) is 0.500. The average molecular weight is 264 g/mol. The molecule has 0 aliphatic carbocycles. The van der Waals surface area contributed by atoms with Crippen LogP contribution in [0.1, 0.15) is 5.69 Å². The van der Waals surface area contributed by atoms with Gasteiger partial charge in [-0.3, -0.25) is 0 Å². The van der Waals surface area contributed by atoms with E-state index in [-0.39, 0.29) is 0 Å². The van der Waals surface area contributed by atoms with Crippen molar-refractivity contribution in [2.45, 2.75) is 5.75 Å². The van der Waals surface area contributed by atoms with Crippen molar-refractivity contribution in [1.82, 2.24) is 9.69 Å². The van der Waals surface area contributed by atoms with Crippen molar-refractivity contribution in [1.29, 1.82) is 0 Å². The van der Waals surface area contributed by atoms with E-state index in [1.807, 2.05) is 24.2 Å². The van der Waals surface area contributed by atoms with Crippen LogP contribution in [0.2, 0.25) is 0 Å². The second-order valence-electron chi connectivity index (χ2n) is 2.43. The van der Waals surface area contributed by atoms with Gasteiger partial charge in [-0.05, 0) is 17.6 Å². The lowest BCUT2D eigenvalue weighted by Crippen LogP contribution is -2.11. The summed E-state index contributed by atoms with van der Waals surface area (Å²) in [7, 11) is 1.86. The van der Waals surface area contributed by atoms with Gasteiger partial charge in [0.1, 0.15) is 4.32 Å². The van der Waals surface area contributed by atoms with Crippen LogP contribution in [0, 0.1) is 0 Å². The molecule has 0 fully saturated rings. The second-order valence-corrected chi connectivity index (χ2v) is 5.97. The van der Waals surface area contributed by atoms with E-state index in [9.17, 15) is 0 Å². The van der Waals surface area contributed by atoms with Gasteiger partial charge in [0.05, 0.1) is 5.69 Å². The lowest BCUT2D eigenvalue weighted by Gasteiger charge is -2.01. The minimum absolute atomic E-state index is 0.874. The van der Waals surface area contributed by atoms with Crippen LogP contribution in [0.25, 0.3) is 0 Å².